The molecule has 0 spiro atoms. The summed E-state index contributed by atoms with van der Waals surface area (Å²) < 4.78 is 1.93. The molecular formula is C20H30N4O. The molecule has 0 radical (unpaired) electrons. The van der Waals surface area contributed by atoms with Crippen LogP contribution in [0.5, 0.6) is 0 Å². The summed E-state index contributed by atoms with van der Waals surface area (Å²) in [6.07, 6.45) is 0. The van der Waals surface area contributed by atoms with Crippen LogP contribution in [0, 0.1) is 20.8 Å². The summed E-state index contributed by atoms with van der Waals surface area (Å²) >= 11 is 0. The molecular weight excluding hydrogens is 312 g/mol. The van der Waals surface area contributed by atoms with Crippen molar-refractivity contribution in [2.45, 2.75) is 46.8 Å². The number of hydrogen-bond acceptors (Lipinski definition) is 4. The third-order valence-corrected chi connectivity index (χ3v) is 5.43. The average Bonchev–Trinajstić information content (AvgIpc) is 2.85. The number of para-hydroxylation sites is 1. The highest BCUT2D eigenvalue weighted by Gasteiger charge is 2.26. The molecule has 0 bridgehead atoms. The SMILES string of the molecule is Cc1ccccc1N1CCN(Cc2c(C)nn(CCO)c2C)[C@@H](C)C1. The van der Waals surface area contributed by atoms with Crippen LogP contribution >= 0.6 is 0 Å². The van der Waals surface area contributed by atoms with Crippen molar-refractivity contribution in [3.63, 3.8) is 0 Å². The van der Waals surface area contributed by atoms with Gasteiger partial charge in [-0.2, -0.15) is 5.10 Å². The van der Waals surface area contributed by atoms with Crippen LogP contribution in [0.25, 0.3) is 0 Å². The molecule has 1 N–H and O–H groups in total. The highest BCUT2D eigenvalue weighted by atomic mass is 16.3. The number of piperazine rings is 1. The first-order valence-corrected chi connectivity index (χ1v) is 9.19. The van der Waals surface area contributed by atoms with Crippen molar-refractivity contribution < 1.29 is 5.11 Å². The third kappa shape index (κ3) is 3.72. The number of aryl methyl sites for hydroxylation is 2. The Hall–Kier alpha value is -1.85. The van der Waals surface area contributed by atoms with Crippen LogP contribution in [0.15, 0.2) is 24.3 Å². The first kappa shape index (κ1) is 18.0. The average molecular weight is 342 g/mol. The Labute approximate surface area is 150 Å². The first-order valence-electron chi connectivity index (χ1n) is 9.19. The lowest BCUT2D eigenvalue weighted by Crippen LogP contribution is -2.51. The van der Waals surface area contributed by atoms with Crippen molar-refractivity contribution in [3.8, 4) is 0 Å². The van der Waals surface area contributed by atoms with Crippen molar-refractivity contribution >= 4 is 5.69 Å². The molecule has 0 amide bonds. The second-order valence-corrected chi connectivity index (χ2v) is 7.15. The zero-order chi connectivity index (χ0) is 18.0. The Kier molecular flexibility index (Phi) is 5.45. The minimum atomic E-state index is 0.132. The fourth-order valence-corrected chi connectivity index (χ4v) is 3.85. The van der Waals surface area contributed by atoms with Crippen LogP contribution in [-0.4, -0.2) is 52.1 Å². The molecule has 1 atom stereocenters. The molecule has 5 nitrogen and oxygen atoms in total. The number of aliphatic hydroxyl groups is 1. The van der Waals surface area contributed by atoms with Gasteiger partial charge in [-0.25, -0.2) is 0 Å². The standard InChI is InChI=1S/C20H30N4O/c1-15-7-5-6-8-20(15)23-10-9-22(16(2)13-23)14-19-17(3)21-24(11-12-25)18(19)4/h5-8,16,25H,9-14H2,1-4H3/t16-/m0/s1. The molecule has 25 heavy (non-hydrogen) atoms. The number of nitrogens with zero attached hydrogens (tertiary/aromatic N) is 4. The van der Waals surface area contributed by atoms with Gasteiger partial charge in [-0.1, -0.05) is 18.2 Å². The minimum absolute atomic E-state index is 0.132. The van der Waals surface area contributed by atoms with Gasteiger partial charge < -0.3 is 10.0 Å². The van der Waals surface area contributed by atoms with Gasteiger partial charge in [0.1, 0.15) is 0 Å². The van der Waals surface area contributed by atoms with E-state index in [2.05, 4.69) is 66.9 Å². The number of aromatic nitrogens is 2. The number of aliphatic hydroxyl groups excluding tert-OH is 1. The molecule has 0 unspecified atom stereocenters. The highest BCUT2D eigenvalue weighted by Crippen LogP contribution is 2.25. The minimum Gasteiger partial charge on any atom is -0.394 e. The summed E-state index contributed by atoms with van der Waals surface area (Å²) in [5, 5.41) is 13.8. The first-order chi connectivity index (χ1) is 12.0. The lowest BCUT2D eigenvalue weighted by atomic mass is 10.1. The summed E-state index contributed by atoms with van der Waals surface area (Å²) in [5.74, 6) is 0. The van der Waals surface area contributed by atoms with E-state index < -0.39 is 0 Å². The number of hydrogen-bond donors (Lipinski definition) is 1. The molecule has 2 aromatic rings. The second kappa shape index (κ2) is 7.58. The van der Waals surface area contributed by atoms with Crippen molar-refractivity contribution in [1.29, 1.82) is 0 Å². The van der Waals surface area contributed by atoms with Gasteiger partial charge in [0.25, 0.3) is 0 Å². The summed E-state index contributed by atoms with van der Waals surface area (Å²) in [5.41, 5.74) is 6.28. The van der Waals surface area contributed by atoms with Gasteiger partial charge in [0.2, 0.25) is 0 Å². The summed E-state index contributed by atoms with van der Waals surface area (Å²) in [6, 6.07) is 9.14. The molecule has 3 rings (SSSR count). The molecule has 1 saturated heterocycles. The monoisotopic (exact) mass is 342 g/mol. The second-order valence-electron chi connectivity index (χ2n) is 7.15. The van der Waals surface area contributed by atoms with E-state index in [-0.39, 0.29) is 6.61 Å². The molecule has 5 heteroatoms. The van der Waals surface area contributed by atoms with E-state index >= 15 is 0 Å². The quantitative estimate of drug-likeness (QED) is 0.907. The summed E-state index contributed by atoms with van der Waals surface area (Å²) in [6.45, 7) is 13.5. The maximum absolute atomic E-state index is 9.19. The van der Waals surface area contributed by atoms with Crippen molar-refractivity contribution in [1.82, 2.24) is 14.7 Å². The van der Waals surface area contributed by atoms with E-state index in [0.717, 1.165) is 31.9 Å². The Morgan fingerprint density at radius 2 is 1.92 bits per heavy atom. The maximum atomic E-state index is 9.19. The predicted octanol–water partition coefficient (Wildman–Crippen LogP) is 2.51. The van der Waals surface area contributed by atoms with E-state index in [4.69, 9.17) is 0 Å². The number of benzene rings is 1. The van der Waals surface area contributed by atoms with E-state index in [1.165, 1.54) is 22.5 Å². The van der Waals surface area contributed by atoms with Crippen molar-refractivity contribution in [3.05, 3.63) is 46.8 Å². The van der Waals surface area contributed by atoms with Crippen molar-refractivity contribution in [2.24, 2.45) is 0 Å². The molecule has 1 aliphatic rings. The van der Waals surface area contributed by atoms with Gasteiger partial charge in [0.05, 0.1) is 18.8 Å². The smallest absolute Gasteiger partial charge is 0.0644 e. The van der Waals surface area contributed by atoms with Gasteiger partial charge >= 0.3 is 0 Å². The number of rotatable bonds is 5. The predicted molar refractivity (Wildman–Crippen MR) is 102 cm³/mol. The highest BCUT2D eigenvalue weighted by molar-refractivity contribution is 5.53. The normalized spacial score (nSPS) is 18.8. The third-order valence-electron chi connectivity index (χ3n) is 5.43. The molecule has 1 fully saturated rings. The Bertz CT molecular complexity index is 724. The van der Waals surface area contributed by atoms with Gasteiger partial charge in [0, 0.05) is 49.2 Å². The van der Waals surface area contributed by atoms with Crippen LogP contribution < -0.4 is 4.90 Å². The zero-order valence-electron chi connectivity index (χ0n) is 15.9. The van der Waals surface area contributed by atoms with E-state index in [0.29, 0.717) is 12.6 Å². The summed E-state index contributed by atoms with van der Waals surface area (Å²) in [7, 11) is 0. The zero-order valence-corrected chi connectivity index (χ0v) is 15.9. The molecule has 0 aliphatic carbocycles. The Balaban J connectivity index is 1.70. The molecule has 1 aromatic heterocycles. The lowest BCUT2D eigenvalue weighted by Gasteiger charge is -2.41. The van der Waals surface area contributed by atoms with Crippen molar-refractivity contribution in [2.75, 3.05) is 31.1 Å². The van der Waals surface area contributed by atoms with Gasteiger partial charge in [-0.15, -0.1) is 0 Å². The lowest BCUT2D eigenvalue weighted by molar-refractivity contribution is 0.180. The molecule has 1 aliphatic heterocycles. The Morgan fingerprint density at radius 1 is 1.16 bits per heavy atom. The summed E-state index contributed by atoms with van der Waals surface area (Å²) in [4.78, 5) is 5.06. The van der Waals surface area contributed by atoms with Crippen LogP contribution in [0.2, 0.25) is 0 Å². The van der Waals surface area contributed by atoms with Gasteiger partial charge in [-0.05, 0) is 39.3 Å². The topological polar surface area (TPSA) is 44.5 Å². The van der Waals surface area contributed by atoms with Gasteiger partial charge in [0.15, 0.2) is 0 Å². The molecule has 136 valence electrons. The van der Waals surface area contributed by atoms with Crippen LogP contribution in [0.1, 0.15) is 29.4 Å². The maximum Gasteiger partial charge on any atom is 0.0644 e. The largest absolute Gasteiger partial charge is 0.394 e. The molecule has 0 saturated carbocycles. The molecule has 1 aromatic carbocycles. The Morgan fingerprint density at radius 3 is 2.60 bits per heavy atom. The fraction of sp³-hybridized carbons (Fsp3) is 0.550. The van der Waals surface area contributed by atoms with Crippen LogP contribution in [0.4, 0.5) is 5.69 Å². The van der Waals surface area contributed by atoms with Gasteiger partial charge in [-0.3, -0.25) is 9.58 Å². The van der Waals surface area contributed by atoms with Crippen LogP contribution in [0.3, 0.4) is 0 Å². The van der Waals surface area contributed by atoms with E-state index in [1.54, 1.807) is 0 Å². The molecule has 2 heterocycles. The van der Waals surface area contributed by atoms with Crippen LogP contribution in [-0.2, 0) is 13.1 Å². The van der Waals surface area contributed by atoms with E-state index in [1.807, 2.05) is 4.68 Å². The number of anilines is 1. The fourth-order valence-electron chi connectivity index (χ4n) is 3.85. The van der Waals surface area contributed by atoms with E-state index in [9.17, 15) is 5.11 Å².